The average molecular weight is 349 g/mol. The van der Waals surface area contributed by atoms with E-state index in [4.69, 9.17) is 9.47 Å². The number of amides is 1. The van der Waals surface area contributed by atoms with Crippen LogP contribution in [0, 0.1) is 0 Å². The Bertz CT molecular complexity index is 978. The second-order valence-corrected chi connectivity index (χ2v) is 5.57. The molecule has 1 aliphatic rings. The Morgan fingerprint density at radius 1 is 0.962 bits per heavy atom. The van der Waals surface area contributed by atoms with Crippen LogP contribution >= 0.6 is 0 Å². The fourth-order valence-electron chi connectivity index (χ4n) is 2.85. The molecule has 0 saturated heterocycles. The number of carbonyl (C=O) groups excluding carboxylic acids is 1. The SMILES string of the molecule is COc1cc2c(cc1OC)C(=O)N(c1ccnc(-c3ncccn3)n1)C2. The fraction of sp³-hybridized carbons (Fsp3) is 0.167. The molecule has 1 amide bonds. The Kier molecular flexibility index (Phi) is 3.92. The molecule has 3 heterocycles. The highest BCUT2D eigenvalue weighted by Gasteiger charge is 2.31. The van der Waals surface area contributed by atoms with E-state index in [1.54, 1.807) is 48.8 Å². The number of methoxy groups -OCH3 is 2. The molecule has 26 heavy (non-hydrogen) atoms. The van der Waals surface area contributed by atoms with Gasteiger partial charge in [0.25, 0.3) is 5.91 Å². The molecule has 0 aliphatic carbocycles. The van der Waals surface area contributed by atoms with Crippen molar-refractivity contribution in [3.05, 3.63) is 54.0 Å². The van der Waals surface area contributed by atoms with Gasteiger partial charge in [0, 0.05) is 24.2 Å². The molecular formula is C18H15N5O3. The zero-order valence-corrected chi connectivity index (χ0v) is 14.2. The van der Waals surface area contributed by atoms with Crippen LogP contribution in [0.5, 0.6) is 11.5 Å². The number of hydrogen-bond donors (Lipinski definition) is 0. The maximum Gasteiger partial charge on any atom is 0.260 e. The molecule has 8 heteroatoms. The molecule has 4 rings (SSSR count). The van der Waals surface area contributed by atoms with Crippen molar-refractivity contribution in [2.45, 2.75) is 6.54 Å². The van der Waals surface area contributed by atoms with E-state index in [9.17, 15) is 4.79 Å². The topological polar surface area (TPSA) is 90.3 Å². The lowest BCUT2D eigenvalue weighted by Crippen LogP contribution is -2.24. The number of aromatic nitrogens is 4. The van der Waals surface area contributed by atoms with E-state index in [0.717, 1.165) is 5.56 Å². The third-order valence-corrected chi connectivity index (χ3v) is 4.10. The van der Waals surface area contributed by atoms with Gasteiger partial charge in [-0.15, -0.1) is 0 Å². The van der Waals surface area contributed by atoms with Gasteiger partial charge in [0.2, 0.25) is 0 Å². The quantitative estimate of drug-likeness (QED) is 0.712. The van der Waals surface area contributed by atoms with E-state index in [2.05, 4.69) is 19.9 Å². The molecule has 0 atom stereocenters. The van der Waals surface area contributed by atoms with Crippen LogP contribution in [-0.4, -0.2) is 40.1 Å². The lowest BCUT2D eigenvalue weighted by Gasteiger charge is -2.14. The Morgan fingerprint density at radius 3 is 2.38 bits per heavy atom. The minimum atomic E-state index is -0.153. The van der Waals surface area contributed by atoms with E-state index >= 15 is 0 Å². The molecule has 2 aromatic heterocycles. The van der Waals surface area contributed by atoms with Crippen molar-refractivity contribution in [3.8, 4) is 23.1 Å². The first-order valence-electron chi connectivity index (χ1n) is 7.88. The van der Waals surface area contributed by atoms with Crippen molar-refractivity contribution in [3.63, 3.8) is 0 Å². The Hall–Kier alpha value is -3.55. The number of hydrogen-bond acceptors (Lipinski definition) is 7. The van der Waals surface area contributed by atoms with Crippen LogP contribution in [0.3, 0.4) is 0 Å². The zero-order valence-electron chi connectivity index (χ0n) is 14.2. The van der Waals surface area contributed by atoms with E-state index in [1.165, 1.54) is 7.11 Å². The molecule has 0 unspecified atom stereocenters. The van der Waals surface area contributed by atoms with Crippen molar-refractivity contribution in [2.75, 3.05) is 19.1 Å². The smallest absolute Gasteiger partial charge is 0.260 e. The summed E-state index contributed by atoms with van der Waals surface area (Å²) in [5.74, 6) is 2.20. The van der Waals surface area contributed by atoms with Gasteiger partial charge in [0.05, 0.1) is 20.8 Å². The standard InChI is InChI=1S/C18H15N5O3/c1-25-13-8-11-10-23(18(24)12(11)9-14(13)26-2)15-4-7-21-17(22-15)16-19-5-3-6-20-16/h3-9H,10H2,1-2H3. The first kappa shape index (κ1) is 15.9. The van der Waals surface area contributed by atoms with Crippen LogP contribution in [0.2, 0.25) is 0 Å². The molecule has 130 valence electrons. The third-order valence-electron chi connectivity index (χ3n) is 4.10. The maximum atomic E-state index is 12.9. The number of fused-ring (bicyclic) bond motifs is 1. The van der Waals surface area contributed by atoms with Gasteiger partial charge < -0.3 is 9.47 Å². The second-order valence-electron chi connectivity index (χ2n) is 5.57. The van der Waals surface area contributed by atoms with Crippen molar-refractivity contribution in [1.29, 1.82) is 0 Å². The summed E-state index contributed by atoms with van der Waals surface area (Å²) in [6.07, 6.45) is 4.83. The number of rotatable bonds is 4. The van der Waals surface area contributed by atoms with Crippen molar-refractivity contribution < 1.29 is 14.3 Å². The zero-order chi connectivity index (χ0) is 18.1. The Balaban J connectivity index is 1.71. The van der Waals surface area contributed by atoms with E-state index < -0.39 is 0 Å². The summed E-state index contributed by atoms with van der Waals surface area (Å²) >= 11 is 0. The van der Waals surface area contributed by atoms with Gasteiger partial charge in [0.15, 0.2) is 23.1 Å². The number of anilines is 1. The molecule has 0 saturated carbocycles. The average Bonchev–Trinajstić information content (AvgIpc) is 3.03. The van der Waals surface area contributed by atoms with Crippen LogP contribution in [0.25, 0.3) is 11.6 Å². The minimum Gasteiger partial charge on any atom is -0.493 e. The number of nitrogens with zero attached hydrogens (tertiary/aromatic N) is 5. The molecule has 1 aromatic carbocycles. The minimum absolute atomic E-state index is 0.153. The third kappa shape index (κ3) is 2.61. The second kappa shape index (κ2) is 6.40. The molecular weight excluding hydrogens is 334 g/mol. The summed E-state index contributed by atoms with van der Waals surface area (Å²) in [6.45, 7) is 0.390. The molecule has 8 nitrogen and oxygen atoms in total. The van der Waals surface area contributed by atoms with Gasteiger partial charge in [-0.05, 0) is 29.8 Å². The predicted octanol–water partition coefficient (Wildman–Crippen LogP) is 2.11. The van der Waals surface area contributed by atoms with Crippen molar-refractivity contribution in [2.24, 2.45) is 0 Å². The van der Waals surface area contributed by atoms with Gasteiger partial charge in [-0.3, -0.25) is 9.69 Å². The Labute approximate surface area is 149 Å². The fourth-order valence-corrected chi connectivity index (χ4v) is 2.85. The van der Waals surface area contributed by atoms with E-state index in [-0.39, 0.29) is 5.91 Å². The maximum absolute atomic E-state index is 12.9. The molecule has 3 aromatic rings. The van der Waals surface area contributed by atoms with Gasteiger partial charge >= 0.3 is 0 Å². The summed E-state index contributed by atoms with van der Waals surface area (Å²) in [5, 5.41) is 0. The van der Waals surface area contributed by atoms with E-state index in [1.807, 2.05) is 6.07 Å². The molecule has 0 radical (unpaired) electrons. The first-order valence-corrected chi connectivity index (χ1v) is 7.88. The van der Waals surface area contributed by atoms with Gasteiger partial charge in [-0.1, -0.05) is 0 Å². The van der Waals surface area contributed by atoms with Gasteiger partial charge in [-0.25, -0.2) is 19.9 Å². The van der Waals surface area contributed by atoms with Crippen LogP contribution < -0.4 is 14.4 Å². The Morgan fingerprint density at radius 2 is 1.65 bits per heavy atom. The lowest BCUT2D eigenvalue weighted by atomic mass is 10.1. The highest BCUT2D eigenvalue weighted by atomic mass is 16.5. The predicted molar refractivity (Wildman–Crippen MR) is 93.1 cm³/mol. The number of ether oxygens (including phenoxy) is 2. The van der Waals surface area contributed by atoms with E-state index in [0.29, 0.717) is 41.1 Å². The molecule has 0 bridgehead atoms. The number of carbonyl (C=O) groups is 1. The van der Waals surface area contributed by atoms with Gasteiger partial charge in [-0.2, -0.15) is 0 Å². The first-order chi connectivity index (χ1) is 12.7. The summed E-state index contributed by atoms with van der Waals surface area (Å²) in [5.41, 5.74) is 1.42. The molecule has 0 spiro atoms. The van der Waals surface area contributed by atoms with Gasteiger partial charge in [0.1, 0.15) is 5.82 Å². The highest BCUT2D eigenvalue weighted by Crippen LogP contribution is 2.36. The molecule has 0 fully saturated rings. The lowest BCUT2D eigenvalue weighted by molar-refractivity contribution is 0.0995. The van der Waals surface area contributed by atoms with Crippen molar-refractivity contribution in [1.82, 2.24) is 19.9 Å². The number of benzene rings is 1. The summed E-state index contributed by atoms with van der Waals surface area (Å²) in [7, 11) is 3.10. The van der Waals surface area contributed by atoms with Crippen LogP contribution in [0.4, 0.5) is 5.82 Å². The van der Waals surface area contributed by atoms with Crippen LogP contribution in [0.1, 0.15) is 15.9 Å². The molecule has 0 N–H and O–H groups in total. The summed E-state index contributed by atoms with van der Waals surface area (Å²) in [4.78, 5) is 31.4. The van der Waals surface area contributed by atoms with Crippen molar-refractivity contribution >= 4 is 11.7 Å². The largest absolute Gasteiger partial charge is 0.493 e. The van der Waals surface area contributed by atoms with Crippen LogP contribution in [0.15, 0.2) is 42.9 Å². The van der Waals surface area contributed by atoms with Crippen LogP contribution in [-0.2, 0) is 6.54 Å². The highest BCUT2D eigenvalue weighted by molar-refractivity contribution is 6.10. The summed E-state index contributed by atoms with van der Waals surface area (Å²) in [6, 6.07) is 6.91. The normalized spacial score (nSPS) is 12.8. The summed E-state index contributed by atoms with van der Waals surface area (Å²) < 4.78 is 10.6. The molecule has 1 aliphatic heterocycles. The monoisotopic (exact) mass is 349 g/mol.